The Kier molecular flexibility index (Phi) is 6.74. The van der Waals surface area contributed by atoms with Gasteiger partial charge in [-0.2, -0.15) is 0 Å². The van der Waals surface area contributed by atoms with Crippen molar-refractivity contribution in [2.75, 3.05) is 5.32 Å². The van der Waals surface area contributed by atoms with E-state index >= 15 is 0 Å². The molecule has 0 unspecified atom stereocenters. The molecule has 0 aliphatic carbocycles. The minimum atomic E-state index is -0.307. The Labute approximate surface area is 158 Å². The minimum absolute atomic E-state index is 0.00235. The van der Waals surface area contributed by atoms with E-state index < -0.39 is 0 Å². The smallest absolute Gasteiger partial charge is 0.226 e. The molecule has 6 nitrogen and oxygen atoms in total. The molecule has 2 aromatic rings. The van der Waals surface area contributed by atoms with Gasteiger partial charge in [0.2, 0.25) is 5.91 Å². The average molecular weight is 372 g/mol. The van der Waals surface area contributed by atoms with E-state index in [1.807, 2.05) is 32.3 Å². The maximum absolute atomic E-state index is 12.7. The summed E-state index contributed by atoms with van der Waals surface area (Å²) in [6, 6.07) is 6.95. The number of nitrogens with zero attached hydrogens (tertiary/aromatic N) is 3. The van der Waals surface area contributed by atoms with Crippen molar-refractivity contribution in [1.82, 2.24) is 14.8 Å². The molecule has 0 aliphatic rings. The van der Waals surface area contributed by atoms with Gasteiger partial charge in [0.05, 0.1) is 5.25 Å². The molecule has 7 heteroatoms. The van der Waals surface area contributed by atoms with Crippen molar-refractivity contribution in [3.63, 3.8) is 0 Å². The predicted molar refractivity (Wildman–Crippen MR) is 105 cm³/mol. The first-order chi connectivity index (χ1) is 12.3. The second-order valence-corrected chi connectivity index (χ2v) is 7.58. The van der Waals surface area contributed by atoms with Gasteiger partial charge in [0.15, 0.2) is 10.9 Å². The first-order valence-corrected chi connectivity index (χ1v) is 9.34. The molecule has 1 atom stereocenters. The molecular weight excluding hydrogens is 348 g/mol. The van der Waals surface area contributed by atoms with E-state index in [0.717, 1.165) is 5.82 Å². The second kappa shape index (κ2) is 8.80. The zero-order valence-electron chi connectivity index (χ0n) is 15.5. The minimum Gasteiger partial charge on any atom is -0.326 e. The van der Waals surface area contributed by atoms with Crippen LogP contribution in [0.15, 0.2) is 42.1 Å². The summed E-state index contributed by atoms with van der Waals surface area (Å²) in [6.07, 6.45) is 1.77. The highest BCUT2D eigenvalue weighted by molar-refractivity contribution is 8.00. The third-order valence-electron chi connectivity index (χ3n) is 3.83. The van der Waals surface area contributed by atoms with Gasteiger partial charge in [-0.15, -0.1) is 16.8 Å². The molecule has 0 aliphatic heterocycles. The van der Waals surface area contributed by atoms with Gasteiger partial charge in [0.1, 0.15) is 5.82 Å². The molecule has 1 amide bonds. The van der Waals surface area contributed by atoms with Crippen molar-refractivity contribution in [1.29, 1.82) is 0 Å². The molecule has 0 fully saturated rings. The standard InChI is InChI=1S/C19H24N4O2S/c1-6-11-23-14(5)21-22-19(23)26-13(4)17(24)15-7-9-16(10-8-15)20-18(25)12(2)3/h6-10,12-13H,1,11H2,2-5H3,(H,20,25)/t13-/m1/s1. The summed E-state index contributed by atoms with van der Waals surface area (Å²) in [5, 5.41) is 11.4. The average Bonchev–Trinajstić information content (AvgIpc) is 2.95. The Morgan fingerprint density at radius 1 is 1.23 bits per heavy atom. The highest BCUT2D eigenvalue weighted by Crippen LogP contribution is 2.25. The number of amides is 1. The van der Waals surface area contributed by atoms with E-state index in [1.165, 1.54) is 11.8 Å². The summed E-state index contributed by atoms with van der Waals surface area (Å²) in [5.41, 5.74) is 1.28. The number of anilines is 1. The summed E-state index contributed by atoms with van der Waals surface area (Å²) < 4.78 is 1.92. The van der Waals surface area contributed by atoms with Gasteiger partial charge in [-0.25, -0.2) is 0 Å². The number of allylic oxidation sites excluding steroid dienone is 1. The molecule has 2 rings (SSSR count). The second-order valence-electron chi connectivity index (χ2n) is 6.27. The van der Waals surface area contributed by atoms with Crippen molar-refractivity contribution < 1.29 is 9.59 Å². The van der Waals surface area contributed by atoms with Crippen LogP contribution >= 0.6 is 11.8 Å². The van der Waals surface area contributed by atoms with Crippen LogP contribution in [0.2, 0.25) is 0 Å². The number of benzene rings is 1. The number of nitrogens with one attached hydrogen (secondary N) is 1. The van der Waals surface area contributed by atoms with Gasteiger partial charge < -0.3 is 9.88 Å². The van der Waals surface area contributed by atoms with Crippen LogP contribution in [0.4, 0.5) is 5.69 Å². The SMILES string of the molecule is C=CCn1c(C)nnc1S[C@H](C)C(=O)c1ccc(NC(=O)C(C)C)cc1. The van der Waals surface area contributed by atoms with E-state index in [4.69, 9.17) is 0 Å². The molecule has 26 heavy (non-hydrogen) atoms. The zero-order chi connectivity index (χ0) is 19.3. The number of ketones is 1. The molecule has 0 saturated heterocycles. The number of aryl methyl sites for hydroxylation is 1. The lowest BCUT2D eigenvalue weighted by molar-refractivity contribution is -0.118. The molecule has 1 aromatic carbocycles. The van der Waals surface area contributed by atoms with Gasteiger partial charge in [-0.05, 0) is 38.1 Å². The van der Waals surface area contributed by atoms with Crippen LogP contribution in [0.1, 0.15) is 37.0 Å². The fraction of sp³-hybridized carbons (Fsp3) is 0.368. The first-order valence-electron chi connectivity index (χ1n) is 8.46. The third kappa shape index (κ3) is 4.82. The molecule has 1 N–H and O–H groups in total. The monoisotopic (exact) mass is 372 g/mol. The lowest BCUT2D eigenvalue weighted by Gasteiger charge is -2.12. The Bertz CT molecular complexity index is 796. The van der Waals surface area contributed by atoms with Crippen molar-refractivity contribution >= 4 is 29.1 Å². The van der Waals surface area contributed by atoms with Crippen LogP contribution in [0.3, 0.4) is 0 Å². The van der Waals surface area contributed by atoms with E-state index in [0.29, 0.717) is 23.0 Å². The number of carbonyl (C=O) groups excluding carboxylic acids is 2. The van der Waals surface area contributed by atoms with Gasteiger partial charge in [-0.1, -0.05) is 31.7 Å². The number of aromatic nitrogens is 3. The maximum atomic E-state index is 12.7. The molecule has 1 aromatic heterocycles. The predicted octanol–water partition coefficient (Wildman–Crippen LogP) is 3.73. The summed E-state index contributed by atoms with van der Waals surface area (Å²) >= 11 is 1.37. The van der Waals surface area contributed by atoms with Crippen molar-refractivity contribution in [3.8, 4) is 0 Å². The Morgan fingerprint density at radius 2 is 1.88 bits per heavy atom. The molecule has 1 heterocycles. The number of hydrogen-bond acceptors (Lipinski definition) is 5. The van der Waals surface area contributed by atoms with E-state index in [9.17, 15) is 9.59 Å². The summed E-state index contributed by atoms with van der Waals surface area (Å²) in [4.78, 5) is 24.4. The number of Topliss-reactive ketones (excluding diaryl/α,β-unsaturated/α-hetero) is 1. The van der Waals surface area contributed by atoms with E-state index in [1.54, 1.807) is 30.3 Å². The number of carbonyl (C=O) groups is 2. The van der Waals surface area contributed by atoms with Crippen molar-refractivity contribution in [2.45, 2.75) is 44.6 Å². The number of rotatable bonds is 8. The van der Waals surface area contributed by atoms with Crippen LogP contribution in [0, 0.1) is 12.8 Å². The number of thioether (sulfide) groups is 1. The highest BCUT2D eigenvalue weighted by atomic mass is 32.2. The molecule has 0 saturated carbocycles. The highest BCUT2D eigenvalue weighted by Gasteiger charge is 2.20. The lowest BCUT2D eigenvalue weighted by Crippen LogP contribution is -2.18. The summed E-state index contributed by atoms with van der Waals surface area (Å²) in [6.45, 7) is 11.7. The molecule has 0 radical (unpaired) electrons. The third-order valence-corrected chi connectivity index (χ3v) is 4.91. The summed E-state index contributed by atoms with van der Waals surface area (Å²) in [5.74, 6) is 0.647. The van der Waals surface area contributed by atoms with Crippen molar-refractivity contribution in [2.24, 2.45) is 5.92 Å². The zero-order valence-corrected chi connectivity index (χ0v) is 16.3. The molecular formula is C19H24N4O2S. The van der Waals surface area contributed by atoms with Gasteiger partial charge in [-0.3, -0.25) is 9.59 Å². The van der Waals surface area contributed by atoms with Crippen LogP contribution in [-0.4, -0.2) is 31.7 Å². The Balaban J connectivity index is 2.06. The van der Waals surface area contributed by atoms with E-state index in [-0.39, 0.29) is 22.9 Å². The van der Waals surface area contributed by atoms with Crippen LogP contribution in [0.25, 0.3) is 0 Å². The van der Waals surface area contributed by atoms with Crippen LogP contribution in [0.5, 0.6) is 0 Å². The first kappa shape index (κ1) is 19.9. The molecule has 138 valence electrons. The van der Waals surface area contributed by atoms with Crippen molar-refractivity contribution in [3.05, 3.63) is 48.3 Å². The fourth-order valence-corrected chi connectivity index (χ4v) is 3.22. The normalized spacial score (nSPS) is 12.0. The molecule has 0 bridgehead atoms. The summed E-state index contributed by atoms with van der Waals surface area (Å²) in [7, 11) is 0. The largest absolute Gasteiger partial charge is 0.326 e. The quantitative estimate of drug-likeness (QED) is 0.434. The number of hydrogen-bond donors (Lipinski definition) is 1. The van der Waals surface area contributed by atoms with Gasteiger partial charge in [0, 0.05) is 23.7 Å². The topological polar surface area (TPSA) is 76.9 Å². The fourth-order valence-electron chi connectivity index (χ4n) is 2.24. The Hall–Kier alpha value is -2.41. The van der Waals surface area contributed by atoms with Crippen LogP contribution in [-0.2, 0) is 11.3 Å². The van der Waals surface area contributed by atoms with Crippen LogP contribution < -0.4 is 5.32 Å². The van der Waals surface area contributed by atoms with E-state index in [2.05, 4.69) is 22.1 Å². The molecule has 0 spiro atoms. The maximum Gasteiger partial charge on any atom is 0.226 e. The Morgan fingerprint density at radius 3 is 2.46 bits per heavy atom. The van der Waals surface area contributed by atoms with Gasteiger partial charge in [0.25, 0.3) is 0 Å². The van der Waals surface area contributed by atoms with Gasteiger partial charge >= 0.3 is 0 Å². The lowest BCUT2D eigenvalue weighted by atomic mass is 10.1.